The molecule has 1 aliphatic heterocycles. The molecule has 2 heterocycles. The highest BCUT2D eigenvalue weighted by atomic mass is 16.2. The van der Waals surface area contributed by atoms with Gasteiger partial charge in [0.25, 0.3) is 0 Å². The number of aryl methyl sites for hydroxylation is 1. The summed E-state index contributed by atoms with van der Waals surface area (Å²) < 4.78 is 0. The van der Waals surface area contributed by atoms with Gasteiger partial charge in [-0.1, -0.05) is 0 Å². The van der Waals surface area contributed by atoms with Crippen LogP contribution in [0.15, 0.2) is 12.3 Å². The number of pyridine rings is 1. The lowest BCUT2D eigenvalue weighted by Crippen LogP contribution is -2.24. The van der Waals surface area contributed by atoms with Gasteiger partial charge in [0.15, 0.2) is 0 Å². The van der Waals surface area contributed by atoms with Crippen molar-refractivity contribution in [3.05, 3.63) is 17.8 Å². The number of rotatable bonds is 1. The van der Waals surface area contributed by atoms with Crippen molar-refractivity contribution in [2.24, 2.45) is 0 Å². The van der Waals surface area contributed by atoms with Gasteiger partial charge in [-0.3, -0.25) is 9.69 Å². The van der Waals surface area contributed by atoms with Crippen LogP contribution < -0.4 is 10.6 Å². The molecule has 0 atom stereocenters. The molecule has 1 saturated heterocycles. The van der Waals surface area contributed by atoms with Crippen LogP contribution in [0.4, 0.5) is 11.5 Å². The lowest BCUT2D eigenvalue weighted by Gasteiger charge is -2.15. The lowest BCUT2D eigenvalue weighted by molar-refractivity contribution is -0.117. The van der Waals surface area contributed by atoms with Gasteiger partial charge in [0, 0.05) is 13.0 Å². The van der Waals surface area contributed by atoms with Gasteiger partial charge in [-0.25, -0.2) is 4.98 Å². The highest BCUT2D eigenvalue weighted by molar-refractivity contribution is 5.94. The molecule has 14 heavy (non-hydrogen) atoms. The van der Waals surface area contributed by atoms with Gasteiger partial charge in [-0.05, 0) is 25.0 Å². The molecule has 0 radical (unpaired) electrons. The van der Waals surface area contributed by atoms with Gasteiger partial charge >= 0.3 is 0 Å². The minimum Gasteiger partial charge on any atom is -0.397 e. The van der Waals surface area contributed by atoms with Crippen molar-refractivity contribution in [3.63, 3.8) is 0 Å². The first-order valence-corrected chi connectivity index (χ1v) is 4.71. The Bertz CT molecular complexity index is 376. The monoisotopic (exact) mass is 191 g/mol. The Labute approximate surface area is 82.7 Å². The van der Waals surface area contributed by atoms with E-state index < -0.39 is 0 Å². The number of aromatic nitrogens is 1. The van der Waals surface area contributed by atoms with E-state index in [0.717, 1.165) is 24.3 Å². The highest BCUT2D eigenvalue weighted by Crippen LogP contribution is 2.21. The fourth-order valence-corrected chi connectivity index (χ4v) is 1.59. The molecule has 2 rings (SSSR count). The summed E-state index contributed by atoms with van der Waals surface area (Å²) in [4.78, 5) is 17.3. The van der Waals surface area contributed by atoms with Crippen molar-refractivity contribution < 1.29 is 4.79 Å². The zero-order valence-electron chi connectivity index (χ0n) is 8.16. The fraction of sp³-hybridized carbons (Fsp3) is 0.400. The van der Waals surface area contributed by atoms with Gasteiger partial charge in [0.1, 0.15) is 5.82 Å². The van der Waals surface area contributed by atoms with Crippen LogP contribution in [0.2, 0.25) is 0 Å². The second-order valence-electron chi connectivity index (χ2n) is 3.55. The summed E-state index contributed by atoms with van der Waals surface area (Å²) in [5.41, 5.74) is 7.29. The summed E-state index contributed by atoms with van der Waals surface area (Å²) in [6, 6.07) is 1.86. The van der Waals surface area contributed by atoms with Gasteiger partial charge in [0.05, 0.1) is 11.9 Å². The normalized spacial score (nSPS) is 16.4. The molecule has 2 N–H and O–H groups in total. The van der Waals surface area contributed by atoms with Crippen LogP contribution in [0.5, 0.6) is 0 Å². The predicted molar refractivity (Wildman–Crippen MR) is 55.0 cm³/mol. The largest absolute Gasteiger partial charge is 0.397 e. The number of amides is 1. The molecule has 1 amide bonds. The molecule has 1 fully saturated rings. The summed E-state index contributed by atoms with van der Waals surface area (Å²) in [5, 5.41) is 0. The number of nitrogens with two attached hydrogens (primary N) is 1. The minimum absolute atomic E-state index is 0.154. The molecule has 1 aromatic heterocycles. The van der Waals surface area contributed by atoms with E-state index in [1.54, 1.807) is 11.1 Å². The van der Waals surface area contributed by atoms with Gasteiger partial charge in [-0.15, -0.1) is 0 Å². The summed E-state index contributed by atoms with van der Waals surface area (Å²) in [7, 11) is 0. The van der Waals surface area contributed by atoms with Crippen molar-refractivity contribution in [3.8, 4) is 0 Å². The van der Waals surface area contributed by atoms with Gasteiger partial charge in [0.2, 0.25) is 5.91 Å². The Morgan fingerprint density at radius 2 is 2.36 bits per heavy atom. The molecule has 1 aromatic rings. The maximum absolute atomic E-state index is 11.4. The third-order valence-electron chi connectivity index (χ3n) is 2.49. The molecule has 0 aliphatic carbocycles. The molecule has 0 saturated carbocycles. The van der Waals surface area contributed by atoms with E-state index in [1.807, 2.05) is 13.0 Å². The first-order valence-electron chi connectivity index (χ1n) is 4.71. The van der Waals surface area contributed by atoms with Crippen molar-refractivity contribution in [2.45, 2.75) is 19.8 Å². The van der Waals surface area contributed by atoms with Crippen LogP contribution in [-0.4, -0.2) is 17.4 Å². The number of carbonyl (C=O) groups is 1. The molecule has 4 nitrogen and oxygen atoms in total. The van der Waals surface area contributed by atoms with Crippen molar-refractivity contribution >= 4 is 17.4 Å². The molecule has 0 unspecified atom stereocenters. The second-order valence-corrected chi connectivity index (χ2v) is 3.55. The van der Waals surface area contributed by atoms with Crippen LogP contribution in [0.1, 0.15) is 18.4 Å². The van der Waals surface area contributed by atoms with Crippen LogP contribution in [0, 0.1) is 6.92 Å². The number of nitrogen functional groups attached to an aromatic ring is 1. The average molecular weight is 191 g/mol. The zero-order valence-corrected chi connectivity index (χ0v) is 8.16. The maximum Gasteiger partial charge on any atom is 0.228 e. The Morgan fingerprint density at radius 3 is 2.93 bits per heavy atom. The standard InChI is InChI=1S/C10H13N3O/c1-7-5-9(12-6-8(7)11)13-4-2-3-10(13)14/h5-6H,2-4,11H2,1H3. The molecule has 0 spiro atoms. The van der Waals surface area contributed by atoms with E-state index in [2.05, 4.69) is 4.98 Å². The van der Waals surface area contributed by atoms with E-state index in [9.17, 15) is 4.79 Å². The van der Waals surface area contributed by atoms with Crippen molar-refractivity contribution in [1.82, 2.24) is 4.98 Å². The second kappa shape index (κ2) is 3.29. The van der Waals surface area contributed by atoms with Crippen LogP contribution in [0.3, 0.4) is 0 Å². The first kappa shape index (κ1) is 8.99. The van der Waals surface area contributed by atoms with E-state index in [1.165, 1.54) is 0 Å². The van der Waals surface area contributed by atoms with Crippen LogP contribution in [0.25, 0.3) is 0 Å². The molecular formula is C10H13N3O. The highest BCUT2D eigenvalue weighted by Gasteiger charge is 2.22. The SMILES string of the molecule is Cc1cc(N2CCCC2=O)ncc1N. The molecule has 74 valence electrons. The van der Waals surface area contributed by atoms with Crippen LogP contribution >= 0.6 is 0 Å². The molecule has 4 heteroatoms. The van der Waals surface area contributed by atoms with E-state index in [4.69, 9.17) is 5.73 Å². The third-order valence-corrected chi connectivity index (χ3v) is 2.49. The Morgan fingerprint density at radius 1 is 1.57 bits per heavy atom. The molecular weight excluding hydrogens is 178 g/mol. The topological polar surface area (TPSA) is 59.2 Å². The summed E-state index contributed by atoms with van der Waals surface area (Å²) in [6.07, 6.45) is 3.16. The number of carbonyl (C=O) groups excluding carboxylic acids is 1. The quantitative estimate of drug-likeness (QED) is 0.723. The molecule has 0 bridgehead atoms. The van der Waals surface area contributed by atoms with Crippen molar-refractivity contribution in [2.75, 3.05) is 17.2 Å². The number of anilines is 2. The zero-order chi connectivity index (χ0) is 10.1. The van der Waals surface area contributed by atoms with E-state index in [0.29, 0.717) is 12.1 Å². The Kier molecular flexibility index (Phi) is 2.11. The number of nitrogens with zero attached hydrogens (tertiary/aromatic N) is 2. The predicted octanol–water partition coefficient (Wildman–Crippen LogP) is 1.10. The summed E-state index contributed by atoms with van der Waals surface area (Å²) >= 11 is 0. The lowest BCUT2D eigenvalue weighted by atomic mass is 10.2. The smallest absolute Gasteiger partial charge is 0.228 e. The summed E-state index contributed by atoms with van der Waals surface area (Å²) in [5.74, 6) is 0.876. The minimum atomic E-state index is 0.154. The van der Waals surface area contributed by atoms with Gasteiger partial charge in [-0.2, -0.15) is 0 Å². The van der Waals surface area contributed by atoms with Gasteiger partial charge < -0.3 is 5.73 Å². The third kappa shape index (κ3) is 1.43. The first-order chi connectivity index (χ1) is 6.68. The number of hydrogen-bond donors (Lipinski definition) is 1. The van der Waals surface area contributed by atoms with Crippen molar-refractivity contribution in [1.29, 1.82) is 0 Å². The Hall–Kier alpha value is -1.58. The molecule has 0 aromatic carbocycles. The fourth-order valence-electron chi connectivity index (χ4n) is 1.59. The Balaban J connectivity index is 2.32. The maximum atomic E-state index is 11.4. The average Bonchev–Trinajstić information content (AvgIpc) is 2.57. The summed E-state index contributed by atoms with van der Waals surface area (Å²) in [6.45, 7) is 2.69. The molecule has 1 aliphatic rings. The number of hydrogen-bond acceptors (Lipinski definition) is 3. The van der Waals surface area contributed by atoms with E-state index in [-0.39, 0.29) is 5.91 Å². The van der Waals surface area contributed by atoms with E-state index >= 15 is 0 Å². The van der Waals surface area contributed by atoms with Crippen LogP contribution in [-0.2, 0) is 4.79 Å².